The predicted molar refractivity (Wildman–Crippen MR) is 132 cm³/mol. The van der Waals surface area contributed by atoms with Crippen LogP contribution in [0.15, 0.2) is 89.2 Å². The van der Waals surface area contributed by atoms with Gasteiger partial charge in [-0.05, 0) is 79.9 Å². The third-order valence-corrected chi connectivity index (χ3v) is 5.96. The Morgan fingerprint density at radius 2 is 1.41 bits per heavy atom. The highest BCUT2D eigenvalue weighted by Crippen LogP contribution is 2.24. The maximum Gasteiger partial charge on any atom is 0.190 e. The monoisotopic (exact) mass is 444 g/mol. The molecule has 32 heavy (non-hydrogen) atoms. The molecule has 0 aliphatic carbocycles. The summed E-state index contributed by atoms with van der Waals surface area (Å²) in [5, 5.41) is 2.19. The number of benzene rings is 3. The Bertz CT molecular complexity index is 1180. The summed E-state index contributed by atoms with van der Waals surface area (Å²) < 4.78 is 13.5. The van der Waals surface area contributed by atoms with Gasteiger partial charge in [-0.25, -0.2) is 4.99 Å². The molecule has 0 N–H and O–H groups in total. The summed E-state index contributed by atoms with van der Waals surface area (Å²) >= 11 is 1.66. The van der Waals surface area contributed by atoms with Crippen molar-refractivity contribution in [3.05, 3.63) is 94.6 Å². The lowest BCUT2D eigenvalue weighted by Gasteiger charge is -2.10. The van der Waals surface area contributed by atoms with Gasteiger partial charge >= 0.3 is 0 Å². The van der Waals surface area contributed by atoms with E-state index >= 15 is 0 Å². The van der Waals surface area contributed by atoms with Crippen molar-refractivity contribution < 1.29 is 9.47 Å². The van der Waals surface area contributed by atoms with Gasteiger partial charge in [-0.2, -0.15) is 0 Å². The highest BCUT2D eigenvalue weighted by Gasteiger charge is 2.09. The van der Waals surface area contributed by atoms with Crippen LogP contribution in [0.2, 0.25) is 0 Å². The molecule has 0 bridgehead atoms. The van der Waals surface area contributed by atoms with Gasteiger partial charge in [-0.15, -0.1) is 11.3 Å². The molecule has 1 aromatic heterocycles. The van der Waals surface area contributed by atoms with Gasteiger partial charge in [0.25, 0.3) is 0 Å². The van der Waals surface area contributed by atoms with Crippen molar-refractivity contribution in [2.75, 3.05) is 13.2 Å². The second-order valence-electron chi connectivity index (χ2n) is 7.29. The Hall–Kier alpha value is -3.31. The first-order valence-corrected chi connectivity index (χ1v) is 11.9. The minimum atomic E-state index is 0.659. The van der Waals surface area contributed by atoms with Crippen LogP contribution in [0.5, 0.6) is 11.5 Å². The van der Waals surface area contributed by atoms with Crippen LogP contribution in [-0.4, -0.2) is 17.8 Å². The molecule has 0 aliphatic heterocycles. The fourth-order valence-corrected chi connectivity index (χ4v) is 4.49. The maximum atomic E-state index is 5.61. The fraction of sp³-hybridized carbons (Fsp3) is 0.222. The average Bonchev–Trinajstić information content (AvgIpc) is 3.23. The molecule has 5 heteroatoms. The van der Waals surface area contributed by atoms with E-state index in [1.165, 1.54) is 11.3 Å². The first-order chi connectivity index (χ1) is 15.8. The normalized spacial score (nSPS) is 11.5. The summed E-state index contributed by atoms with van der Waals surface area (Å²) in [4.78, 5) is 5.93. The standard InChI is InChI=1S/C27H28N2O2S/c1-3-30-24-14-10-22(11-15-24)26-20-32-27(28-23-12-16-25(17-13-23)31-4-2)29(26)19-18-21-8-6-5-7-9-21/h5-17,20H,3-4,18-19H2,1-2H3. The molecule has 0 atom stereocenters. The van der Waals surface area contributed by atoms with E-state index in [4.69, 9.17) is 14.5 Å². The SMILES string of the molecule is CCOc1ccc(N=c2scc(-c3ccc(OCC)cc3)n2CCc2ccccc2)cc1. The van der Waals surface area contributed by atoms with Crippen LogP contribution < -0.4 is 14.3 Å². The van der Waals surface area contributed by atoms with E-state index in [2.05, 4.69) is 52.4 Å². The summed E-state index contributed by atoms with van der Waals surface area (Å²) in [5.74, 6) is 1.76. The Morgan fingerprint density at radius 3 is 2.03 bits per heavy atom. The Kier molecular flexibility index (Phi) is 7.41. The molecule has 1 heterocycles. The van der Waals surface area contributed by atoms with E-state index < -0.39 is 0 Å². The van der Waals surface area contributed by atoms with Crippen molar-refractivity contribution in [1.29, 1.82) is 0 Å². The molecular formula is C27H28N2O2S. The molecule has 164 valence electrons. The van der Waals surface area contributed by atoms with E-state index in [9.17, 15) is 0 Å². The second kappa shape index (κ2) is 10.8. The first-order valence-electron chi connectivity index (χ1n) is 11.0. The van der Waals surface area contributed by atoms with E-state index in [1.54, 1.807) is 11.3 Å². The molecule has 0 saturated carbocycles. The third-order valence-electron chi connectivity index (χ3n) is 5.10. The number of nitrogens with zero attached hydrogens (tertiary/aromatic N) is 2. The van der Waals surface area contributed by atoms with Crippen molar-refractivity contribution in [1.82, 2.24) is 4.57 Å². The number of hydrogen-bond acceptors (Lipinski definition) is 4. The van der Waals surface area contributed by atoms with Gasteiger partial charge in [0, 0.05) is 11.9 Å². The van der Waals surface area contributed by atoms with E-state index in [-0.39, 0.29) is 0 Å². The number of hydrogen-bond donors (Lipinski definition) is 0. The molecule has 0 aliphatic rings. The second-order valence-corrected chi connectivity index (χ2v) is 8.12. The van der Waals surface area contributed by atoms with Gasteiger partial charge < -0.3 is 14.0 Å². The van der Waals surface area contributed by atoms with E-state index in [0.29, 0.717) is 13.2 Å². The van der Waals surface area contributed by atoms with Gasteiger partial charge in [0.2, 0.25) is 0 Å². The molecule has 4 nitrogen and oxygen atoms in total. The number of aryl methyl sites for hydroxylation is 1. The molecule has 0 radical (unpaired) electrons. The summed E-state index contributed by atoms with van der Waals surface area (Å²) in [6.45, 7) is 6.17. The van der Waals surface area contributed by atoms with Crippen LogP contribution in [0.4, 0.5) is 5.69 Å². The summed E-state index contributed by atoms with van der Waals surface area (Å²) in [5.41, 5.74) is 4.56. The van der Waals surface area contributed by atoms with Gasteiger partial charge in [-0.3, -0.25) is 0 Å². The van der Waals surface area contributed by atoms with E-state index in [0.717, 1.165) is 40.5 Å². The largest absolute Gasteiger partial charge is 0.494 e. The molecule has 0 spiro atoms. The Balaban J connectivity index is 1.69. The number of thiazole rings is 1. The molecule has 0 fully saturated rings. The molecule has 4 aromatic rings. The van der Waals surface area contributed by atoms with Gasteiger partial charge in [0.05, 0.1) is 24.6 Å². The van der Waals surface area contributed by atoms with Crippen molar-refractivity contribution in [3.63, 3.8) is 0 Å². The first kappa shape index (κ1) is 21.9. The molecule has 0 unspecified atom stereocenters. The average molecular weight is 445 g/mol. The Labute approximate surface area is 193 Å². The molecule has 0 amide bonds. The molecule has 0 saturated heterocycles. The minimum absolute atomic E-state index is 0.659. The lowest BCUT2D eigenvalue weighted by Crippen LogP contribution is -2.17. The number of rotatable bonds is 9. The quantitative estimate of drug-likeness (QED) is 0.296. The van der Waals surface area contributed by atoms with Crippen LogP contribution in [0.1, 0.15) is 19.4 Å². The van der Waals surface area contributed by atoms with Crippen LogP contribution in [0, 0.1) is 0 Å². The highest BCUT2D eigenvalue weighted by atomic mass is 32.1. The van der Waals surface area contributed by atoms with Crippen LogP contribution in [0.3, 0.4) is 0 Å². The summed E-state index contributed by atoms with van der Waals surface area (Å²) in [7, 11) is 0. The number of ether oxygens (including phenoxy) is 2. The van der Waals surface area contributed by atoms with Crippen molar-refractivity contribution in [2.24, 2.45) is 4.99 Å². The topological polar surface area (TPSA) is 35.8 Å². The molecule has 3 aromatic carbocycles. The van der Waals surface area contributed by atoms with Crippen LogP contribution in [-0.2, 0) is 13.0 Å². The van der Waals surface area contributed by atoms with Gasteiger partial charge in [-0.1, -0.05) is 30.3 Å². The molecular weight excluding hydrogens is 416 g/mol. The summed E-state index contributed by atoms with van der Waals surface area (Å²) in [6.07, 6.45) is 0.943. The smallest absolute Gasteiger partial charge is 0.190 e. The van der Waals surface area contributed by atoms with Crippen molar-refractivity contribution in [2.45, 2.75) is 26.8 Å². The molecule has 4 rings (SSSR count). The zero-order valence-electron chi connectivity index (χ0n) is 18.5. The zero-order valence-corrected chi connectivity index (χ0v) is 19.3. The maximum absolute atomic E-state index is 5.61. The lowest BCUT2D eigenvalue weighted by molar-refractivity contribution is 0.340. The summed E-state index contributed by atoms with van der Waals surface area (Å²) in [6, 6.07) is 26.8. The minimum Gasteiger partial charge on any atom is -0.494 e. The van der Waals surface area contributed by atoms with Crippen LogP contribution in [0.25, 0.3) is 11.3 Å². The Morgan fingerprint density at radius 1 is 0.781 bits per heavy atom. The van der Waals surface area contributed by atoms with Crippen LogP contribution >= 0.6 is 11.3 Å². The van der Waals surface area contributed by atoms with E-state index in [1.807, 2.05) is 50.2 Å². The highest BCUT2D eigenvalue weighted by molar-refractivity contribution is 7.07. The predicted octanol–water partition coefficient (Wildman–Crippen LogP) is 6.49. The van der Waals surface area contributed by atoms with Crippen molar-refractivity contribution in [3.8, 4) is 22.8 Å². The van der Waals surface area contributed by atoms with Gasteiger partial charge in [0.15, 0.2) is 4.80 Å². The third kappa shape index (κ3) is 5.48. The lowest BCUT2D eigenvalue weighted by atomic mass is 10.1. The van der Waals surface area contributed by atoms with Gasteiger partial charge in [0.1, 0.15) is 11.5 Å². The fourth-order valence-electron chi connectivity index (χ4n) is 3.53. The van der Waals surface area contributed by atoms with Crippen molar-refractivity contribution >= 4 is 17.0 Å². The zero-order chi connectivity index (χ0) is 22.2. The number of aromatic nitrogens is 1.